The maximum absolute atomic E-state index is 11.9. The summed E-state index contributed by atoms with van der Waals surface area (Å²) in [5, 5.41) is 5.90. The van der Waals surface area contributed by atoms with Crippen molar-refractivity contribution < 1.29 is 9.53 Å². The zero-order chi connectivity index (χ0) is 13.5. The largest absolute Gasteiger partial charge is 0.388 e. The smallest absolute Gasteiger partial charge is 0.251 e. The average molecular weight is 250 g/mol. The molecular formula is C14H22N2O2. The van der Waals surface area contributed by atoms with E-state index in [0.29, 0.717) is 18.7 Å². The van der Waals surface area contributed by atoms with Gasteiger partial charge in [-0.2, -0.15) is 0 Å². The molecule has 0 radical (unpaired) electrons. The van der Waals surface area contributed by atoms with Crippen LogP contribution in [0.15, 0.2) is 18.2 Å². The molecule has 1 rings (SSSR count). The number of hydrogen-bond acceptors (Lipinski definition) is 3. The molecule has 18 heavy (non-hydrogen) atoms. The number of carbonyl (C=O) groups excluding carboxylic acids is 1. The van der Waals surface area contributed by atoms with Crippen molar-refractivity contribution in [3.63, 3.8) is 0 Å². The van der Waals surface area contributed by atoms with Crippen LogP contribution in [0.1, 0.15) is 29.8 Å². The Kier molecular flexibility index (Phi) is 5.65. The van der Waals surface area contributed by atoms with Crippen LogP contribution in [0.2, 0.25) is 0 Å². The molecule has 4 nitrogen and oxygen atoms in total. The van der Waals surface area contributed by atoms with Crippen LogP contribution in [-0.4, -0.2) is 32.2 Å². The third-order valence-electron chi connectivity index (χ3n) is 2.60. The van der Waals surface area contributed by atoms with Crippen molar-refractivity contribution >= 4 is 11.6 Å². The Morgan fingerprint density at radius 2 is 2.11 bits per heavy atom. The number of rotatable bonds is 6. The fourth-order valence-corrected chi connectivity index (χ4v) is 1.63. The van der Waals surface area contributed by atoms with Gasteiger partial charge >= 0.3 is 0 Å². The van der Waals surface area contributed by atoms with Crippen molar-refractivity contribution in [3.05, 3.63) is 29.3 Å². The monoisotopic (exact) mass is 250 g/mol. The van der Waals surface area contributed by atoms with Gasteiger partial charge in [-0.25, -0.2) is 0 Å². The fourth-order valence-electron chi connectivity index (χ4n) is 1.63. The van der Waals surface area contributed by atoms with Crippen molar-refractivity contribution in [2.24, 2.45) is 0 Å². The highest BCUT2D eigenvalue weighted by atomic mass is 16.5. The third kappa shape index (κ3) is 4.37. The molecule has 100 valence electrons. The van der Waals surface area contributed by atoms with Crippen LogP contribution in [0.25, 0.3) is 0 Å². The molecule has 0 heterocycles. The Morgan fingerprint density at radius 1 is 1.39 bits per heavy atom. The summed E-state index contributed by atoms with van der Waals surface area (Å²) in [7, 11) is 1.86. The molecule has 1 aromatic carbocycles. The van der Waals surface area contributed by atoms with Crippen LogP contribution < -0.4 is 10.6 Å². The lowest BCUT2D eigenvalue weighted by Crippen LogP contribution is -2.28. The first kappa shape index (κ1) is 14.5. The first-order valence-corrected chi connectivity index (χ1v) is 6.22. The second kappa shape index (κ2) is 7.01. The van der Waals surface area contributed by atoms with Crippen molar-refractivity contribution in [1.82, 2.24) is 5.32 Å². The van der Waals surface area contributed by atoms with Crippen LogP contribution in [0, 0.1) is 6.92 Å². The maximum Gasteiger partial charge on any atom is 0.251 e. The number of nitrogens with one attached hydrogen (secondary N) is 2. The maximum atomic E-state index is 11.9. The SMILES string of the molecule is CNc1ccc(C(=O)NCCOC(C)C)c(C)c1. The second-order valence-corrected chi connectivity index (χ2v) is 4.46. The van der Waals surface area contributed by atoms with Gasteiger partial charge in [-0.15, -0.1) is 0 Å². The molecule has 0 fully saturated rings. The molecule has 0 saturated heterocycles. The molecule has 0 saturated carbocycles. The van der Waals surface area contributed by atoms with Gasteiger partial charge in [0.05, 0.1) is 12.7 Å². The first-order chi connectivity index (χ1) is 8.54. The lowest BCUT2D eigenvalue weighted by Gasteiger charge is -2.11. The van der Waals surface area contributed by atoms with Gasteiger partial charge in [0.1, 0.15) is 0 Å². The summed E-state index contributed by atoms with van der Waals surface area (Å²) in [5.74, 6) is -0.0532. The molecule has 0 aliphatic heterocycles. The van der Waals surface area contributed by atoms with E-state index in [0.717, 1.165) is 11.3 Å². The number of aryl methyl sites for hydroxylation is 1. The van der Waals surface area contributed by atoms with Crippen LogP contribution in [0.5, 0.6) is 0 Å². The van der Waals surface area contributed by atoms with Crippen LogP contribution in [-0.2, 0) is 4.74 Å². The van der Waals surface area contributed by atoms with Crippen molar-refractivity contribution in [2.45, 2.75) is 26.9 Å². The minimum atomic E-state index is -0.0532. The summed E-state index contributed by atoms with van der Waals surface area (Å²) in [6.45, 7) is 6.95. The predicted molar refractivity (Wildman–Crippen MR) is 74.1 cm³/mol. The van der Waals surface area contributed by atoms with Gasteiger partial charge in [-0.3, -0.25) is 4.79 Å². The molecule has 0 unspecified atom stereocenters. The normalized spacial score (nSPS) is 10.5. The highest BCUT2D eigenvalue weighted by Gasteiger charge is 2.08. The molecular weight excluding hydrogens is 228 g/mol. The molecule has 1 amide bonds. The quantitative estimate of drug-likeness (QED) is 0.761. The molecule has 0 aliphatic carbocycles. The summed E-state index contributed by atoms with van der Waals surface area (Å²) in [6, 6.07) is 5.69. The highest BCUT2D eigenvalue weighted by Crippen LogP contribution is 2.14. The standard InChI is InChI=1S/C14H22N2O2/c1-10(2)18-8-7-16-14(17)13-6-5-12(15-4)9-11(13)3/h5-6,9-10,15H,7-8H2,1-4H3,(H,16,17). The zero-order valence-electron chi connectivity index (χ0n) is 11.5. The number of hydrogen-bond donors (Lipinski definition) is 2. The second-order valence-electron chi connectivity index (χ2n) is 4.46. The lowest BCUT2D eigenvalue weighted by atomic mass is 10.1. The van der Waals surface area contributed by atoms with E-state index in [2.05, 4.69) is 10.6 Å². The minimum absolute atomic E-state index is 0.0532. The van der Waals surface area contributed by atoms with Gasteiger partial charge in [0.25, 0.3) is 5.91 Å². The fraction of sp³-hybridized carbons (Fsp3) is 0.500. The van der Waals surface area contributed by atoms with Crippen LogP contribution >= 0.6 is 0 Å². The Balaban J connectivity index is 2.51. The van der Waals surface area contributed by atoms with Gasteiger partial charge in [0, 0.05) is 24.8 Å². The van der Waals surface area contributed by atoms with E-state index < -0.39 is 0 Å². The van der Waals surface area contributed by atoms with E-state index in [4.69, 9.17) is 4.74 Å². The van der Waals surface area contributed by atoms with Gasteiger partial charge in [0.2, 0.25) is 0 Å². The summed E-state index contributed by atoms with van der Waals surface area (Å²) < 4.78 is 5.37. The average Bonchev–Trinajstić information content (AvgIpc) is 2.33. The number of benzene rings is 1. The summed E-state index contributed by atoms with van der Waals surface area (Å²) in [4.78, 5) is 11.9. The molecule has 0 atom stereocenters. The van der Waals surface area contributed by atoms with Crippen molar-refractivity contribution in [3.8, 4) is 0 Å². The van der Waals surface area contributed by atoms with Gasteiger partial charge < -0.3 is 15.4 Å². The number of amides is 1. The molecule has 4 heteroatoms. The molecule has 0 aliphatic rings. The zero-order valence-corrected chi connectivity index (χ0v) is 11.5. The summed E-state index contributed by atoms with van der Waals surface area (Å²) in [5.41, 5.74) is 2.68. The third-order valence-corrected chi connectivity index (χ3v) is 2.60. The van der Waals surface area contributed by atoms with E-state index in [1.54, 1.807) is 0 Å². The topological polar surface area (TPSA) is 50.4 Å². The molecule has 2 N–H and O–H groups in total. The minimum Gasteiger partial charge on any atom is -0.388 e. The molecule has 1 aromatic rings. The summed E-state index contributed by atoms with van der Waals surface area (Å²) in [6.07, 6.45) is 0.193. The van der Waals surface area contributed by atoms with Gasteiger partial charge in [-0.05, 0) is 44.5 Å². The highest BCUT2D eigenvalue weighted by molar-refractivity contribution is 5.96. The predicted octanol–water partition coefficient (Wildman–Crippen LogP) is 2.19. The van der Waals surface area contributed by atoms with Gasteiger partial charge in [-0.1, -0.05) is 0 Å². The number of ether oxygens (including phenoxy) is 1. The van der Waals surface area contributed by atoms with E-state index in [9.17, 15) is 4.79 Å². The Hall–Kier alpha value is -1.55. The van der Waals surface area contributed by atoms with Crippen LogP contribution in [0.4, 0.5) is 5.69 Å². The van der Waals surface area contributed by atoms with E-state index in [-0.39, 0.29) is 12.0 Å². The summed E-state index contributed by atoms with van der Waals surface area (Å²) >= 11 is 0. The molecule has 0 aromatic heterocycles. The van der Waals surface area contributed by atoms with E-state index in [1.807, 2.05) is 46.0 Å². The Labute approximate surface area is 109 Å². The van der Waals surface area contributed by atoms with Gasteiger partial charge in [0.15, 0.2) is 0 Å². The Morgan fingerprint density at radius 3 is 2.67 bits per heavy atom. The Bertz CT molecular complexity index is 403. The number of carbonyl (C=O) groups is 1. The van der Waals surface area contributed by atoms with Crippen molar-refractivity contribution in [2.75, 3.05) is 25.5 Å². The van der Waals surface area contributed by atoms with E-state index in [1.165, 1.54) is 0 Å². The molecule has 0 bridgehead atoms. The lowest BCUT2D eigenvalue weighted by molar-refractivity contribution is 0.0746. The van der Waals surface area contributed by atoms with Crippen LogP contribution in [0.3, 0.4) is 0 Å². The van der Waals surface area contributed by atoms with E-state index >= 15 is 0 Å². The first-order valence-electron chi connectivity index (χ1n) is 6.22. The number of anilines is 1. The van der Waals surface area contributed by atoms with Crippen molar-refractivity contribution in [1.29, 1.82) is 0 Å². The molecule has 0 spiro atoms.